The molecule has 1 saturated carbocycles. The van der Waals surface area contributed by atoms with Crippen LogP contribution >= 0.6 is 0 Å². The number of nitrogens with zero attached hydrogens (tertiary/aromatic N) is 2. The molecule has 0 atom stereocenters. The largest absolute Gasteiger partial charge is 0.343 e. The van der Waals surface area contributed by atoms with Crippen molar-refractivity contribution in [2.75, 3.05) is 7.05 Å². The van der Waals surface area contributed by atoms with Crippen molar-refractivity contribution >= 4 is 15.9 Å². The molecule has 2 aromatic rings. The fourth-order valence-corrected chi connectivity index (χ4v) is 4.25. The monoisotopic (exact) mass is 406 g/mol. The SMILES string of the molecule is CCc1nc(C2(NC(=O)CCc3ccc(S(=O)(=O)NC)cc3)CCCC2)no1. The van der Waals surface area contributed by atoms with Crippen LogP contribution in [-0.4, -0.2) is 31.5 Å². The molecule has 0 bridgehead atoms. The third-order valence-electron chi connectivity index (χ3n) is 5.18. The molecule has 28 heavy (non-hydrogen) atoms. The van der Waals surface area contributed by atoms with E-state index in [2.05, 4.69) is 20.2 Å². The smallest absolute Gasteiger partial charge is 0.240 e. The number of carbonyl (C=O) groups excluding carboxylic acids is 1. The van der Waals surface area contributed by atoms with Crippen molar-refractivity contribution in [1.29, 1.82) is 0 Å². The van der Waals surface area contributed by atoms with Crippen LogP contribution in [0.2, 0.25) is 0 Å². The second-order valence-electron chi connectivity index (χ2n) is 7.05. The van der Waals surface area contributed by atoms with Crippen LogP contribution in [0.15, 0.2) is 33.7 Å². The highest BCUT2D eigenvalue weighted by Crippen LogP contribution is 2.37. The van der Waals surface area contributed by atoms with Gasteiger partial charge < -0.3 is 9.84 Å². The van der Waals surface area contributed by atoms with E-state index in [-0.39, 0.29) is 10.8 Å². The maximum atomic E-state index is 12.6. The summed E-state index contributed by atoms with van der Waals surface area (Å²) in [5, 5.41) is 7.22. The molecule has 9 heteroatoms. The van der Waals surface area contributed by atoms with Gasteiger partial charge in [0.2, 0.25) is 21.8 Å². The van der Waals surface area contributed by atoms with Gasteiger partial charge in [0, 0.05) is 12.8 Å². The summed E-state index contributed by atoms with van der Waals surface area (Å²) in [6.07, 6.45) is 5.12. The molecule has 8 nitrogen and oxygen atoms in total. The van der Waals surface area contributed by atoms with E-state index >= 15 is 0 Å². The lowest BCUT2D eigenvalue weighted by molar-refractivity contribution is -0.123. The van der Waals surface area contributed by atoms with Gasteiger partial charge in [0.1, 0.15) is 5.54 Å². The minimum atomic E-state index is -3.45. The summed E-state index contributed by atoms with van der Waals surface area (Å²) in [5.74, 6) is 1.07. The van der Waals surface area contributed by atoms with E-state index in [9.17, 15) is 13.2 Å². The van der Waals surface area contributed by atoms with E-state index < -0.39 is 15.6 Å². The Balaban J connectivity index is 1.63. The van der Waals surface area contributed by atoms with E-state index in [1.165, 1.54) is 7.05 Å². The number of hydrogen-bond donors (Lipinski definition) is 2. The van der Waals surface area contributed by atoms with E-state index in [0.29, 0.717) is 31.0 Å². The molecule has 0 radical (unpaired) electrons. The molecule has 1 aliphatic rings. The van der Waals surface area contributed by atoms with Crippen molar-refractivity contribution in [2.24, 2.45) is 0 Å². The average molecular weight is 407 g/mol. The Morgan fingerprint density at radius 2 is 1.89 bits per heavy atom. The number of amides is 1. The summed E-state index contributed by atoms with van der Waals surface area (Å²) in [5.41, 5.74) is 0.358. The fraction of sp³-hybridized carbons (Fsp3) is 0.526. The molecule has 0 spiro atoms. The molecule has 2 N–H and O–H groups in total. The summed E-state index contributed by atoms with van der Waals surface area (Å²) in [4.78, 5) is 17.2. The van der Waals surface area contributed by atoms with Crippen LogP contribution in [0.5, 0.6) is 0 Å². The highest BCUT2D eigenvalue weighted by molar-refractivity contribution is 7.89. The van der Waals surface area contributed by atoms with Gasteiger partial charge >= 0.3 is 0 Å². The maximum absolute atomic E-state index is 12.6. The standard InChI is InChI=1S/C19H26N4O4S/c1-3-17-21-18(23-27-17)19(12-4-5-13-19)22-16(24)11-8-14-6-9-15(10-7-14)28(25,26)20-2/h6-7,9-10,20H,3-5,8,11-13H2,1-2H3,(H,22,24). The van der Waals surface area contributed by atoms with E-state index in [0.717, 1.165) is 31.2 Å². The average Bonchev–Trinajstić information content (AvgIpc) is 3.37. The molecule has 1 aliphatic carbocycles. The molecule has 0 aliphatic heterocycles. The Bertz CT molecular complexity index is 916. The minimum absolute atomic E-state index is 0.0725. The molecule has 0 unspecified atom stereocenters. The molecule has 1 aromatic heterocycles. The molecule has 1 aromatic carbocycles. The first-order valence-electron chi connectivity index (χ1n) is 9.55. The van der Waals surface area contributed by atoms with Crippen molar-refractivity contribution in [3.8, 4) is 0 Å². The number of rotatable bonds is 8. The van der Waals surface area contributed by atoms with Gasteiger partial charge in [0.25, 0.3) is 0 Å². The second-order valence-corrected chi connectivity index (χ2v) is 8.94. The quantitative estimate of drug-likeness (QED) is 0.693. The molecular weight excluding hydrogens is 380 g/mol. The van der Waals surface area contributed by atoms with Gasteiger partial charge in [-0.2, -0.15) is 4.98 Å². The Morgan fingerprint density at radius 1 is 1.21 bits per heavy atom. The first-order chi connectivity index (χ1) is 13.4. The van der Waals surface area contributed by atoms with Crippen LogP contribution in [0, 0.1) is 0 Å². The van der Waals surface area contributed by atoms with Crippen molar-refractivity contribution in [1.82, 2.24) is 20.2 Å². The molecule has 1 fully saturated rings. The van der Waals surface area contributed by atoms with Crippen LogP contribution in [0.3, 0.4) is 0 Å². The van der Waals surface area contributed by atoms with Gasteiger partial charge in [-0.05, 0) is 44.0 Å². The number of sulfonamides is 1. The molecular formula is C19H26N4O4S. The summed E-state index contributed by atoms with van der Waals surface area (Å²) in [6.45, 7) is 1.95. The lowest BCUT2D eigenvalue weighted by atomic mass is 9.96. The zero-order valence-corrected chi connectivity index (χ0v) is 17.0. The van der Waals surface area contributed by atoms with E-state index in [1.54, 1.807) is 24.3 Å². The van der Waals surface area contributed by atoms with E-state index in [4.69, 9.17) is 4.52 Å². The van der Waals surface area contributed by atoms with Crippen molar-refractivity contribution in [2.45, 2.75) is 62.3 Å². The van der Waals surface area contributed by atoms with Gasteiger partial charge in [-0.15, -0.1) is 0 Å². The van der Waals surface area contributed by atoms with Crippen molar-refractivity contribution < 1.29 is 17.7 Å². The summed E-state index contributed by atoms with van der Waals surface area (Å²) in [7, 11) is -2.08. The molecule has 3 rings (SSSR count). The summed E-state index contributed by atoms with van der Waals surface area (Å²) in [6, 6.07) is 6.55. The number of benzene rings is 1. The minimum Gasteiger partial charge on any atom is -0.343 e. The molecule has 0 saturated heterocycles. The van der Waals surface area contributed by atoms with Crippen LogP contribution in [0.1, 0.15) is 56.3 Å². The molecule has 152 valence electrons. The normalized spacial score (nSPS) is 16.2. The van der Waals surface area contributed by atoms with Gasteiger partial charge in [-0.3, -0.25) is 4.79 Å². The predicted octanol–water partition coefficient (Wildman–Crippen LogP) is 2.06. The highest BCUT2D eigenvalue weighted by Gasteiger charge is 2.41. The van der Waals surface area contributed by atoms with Gasteiger partial charge in [0.05, 0.1) is 4.90 Å². The third-order valence-corrected chi connectivity index (χ3v) is 6.61. The number of carbonyl (C=O) groups is 1. The predicted molar refractivity (Wildman–Crippen MR) is 103 cm³/mol. The molecule has 1 heterocycles. The number of aromatic nitrogens is 2. The summed E-state index contributed by atoms with van der Waals surface area (Å²) < 4.78 is 31.1. The Hall–Kier alpha value is -2.26. The molecule has 1 amide bonds. The van der Waals surface area contributed by atoms with Crippen molar-refractivity contribution in [3.63, 3.8) is 0 Å². The first kappa shape index (κ1) is 20.5. The number of hydrogen-bond acceptors (Lipinski definition) is 6. The van der Waals surface area contributed by atoms with Crippen LogP contribution in [0.4, 0.5) is 0 Å². The Labute approximate surface area is 165 Å². The zero-order valence-electron chi connectivity index (χ0n) is 16.2. The van der Waals surface area contributed by atoms with E-state index in [1.807, 2.05) is 6.92 Å². The summed E-state index contributed by atoms with van der Waals surface area (Å²) >= 11 is 0. The first-order valence-corrected chi connectivity index (χ1v) is 11.0. The van der Waals surface area contributed by atoms with Crippen LogP contribution < -0.4 is 10.0 Å². The number of aryl methyl sites for hydroxylation is 2. The zero-order chi connectivity index (χ0) is 20.2. The van der Waals surface area contributed by atoms with Crippen LogP contribution in [0.25, 0.3) is 0 Å². The third kappa shape index (κ3) is 4.41. The topological polar surface area (TPSA) is 114 Å². The van der Waals surface area contributed by atoms with Gasteiger partial charge in [-0.25, -0.2) is 13.1 Å². The Morgan fingerprint density at radius 3 is 2.46 bits per heavy atom. The fourth-order valence-electron chi connectivity index (χ4n) is 3.52. The van der Waals surface area contributed by atoms with Crippen LogP contribution in [-0.2, 0) is 33.2 Å². The van der Waals surface area contributed by atoms with Crippen molar-refractivity contribution in [3.05, 3.63) is 41.5 Å². The second kappa shape index (κ2) is 8.40. The van der Waals surface area contributed by atoms with Gasteiger partial charge in [0.15, 0.2) is 5.82 Å². The lowest BCUT2D eigenvalue weighted by Crippen LogP contribution is -2.44. The lowest BCUT2D eigenvalue weighted by Gasteiger charge is -2.26. The number of nitrogens with one attached hydrogen (secondary N) is 2. The highest BCUT2D eigenvalue weighted by atomic mass is 32.2. The Kier molecular flexibility index (Phi) is 6.14. The van der Waals surface area contributed by atoms with Gasteiger partial charge in [-0.1, -0.05) is 37.1 Å². The maximum Gasteiger partial charge on any atom is 0.240 e.